The highest BCUT2D eigenvalue weighted by Gasteiger charge is 2.27. The highest BCUT2D eigenvalue weighted by Crippen LogP contribution is 2.46. The fourth-order valence-corrected chi connectivity index (χ4v) is 10.1. The summed E-state index contributed by atoms with van der Waals surface area (Å²) in [5.41, 5.74) is 22.9. The Hall–Kier alpha value is -6.38. The molecule has 2 aliphatic rings. The molecule has 0 bridgehead atoms. The van der Waals surface area contributed by atoms with Crippen molar-refractivity contribution >= 4 is 44.4 Å². The second kappa shape index (κ2) is 13.6. The average Bonchev–Trinajstić information content (AvgIpc) is 3.75. The van der Waals surface area contributed by atoms with Gasteiger partial charge in [-0.15, -0.1) is 0 Å². The molecule has 0 fully saturated rings. The largest absolute Gasteiger partial charge is 0.313 e. The smallest absolute Gasteiger partial charge is 0.0547 e. The number of nitrogens with zero attached hydrogens (tertiary/aromatic N) is 2. The number of benzene rings is 7. The molecule has 11 rings (SSSR count). The zero-order valence-electron chi connectivity index (χ0n) is 35.7. The van der Waals surface area contributed by atoms with Gasteiger partial charge in [0.15, 0.2) is 0 Å². The Balaban J connectivity index is 1.10. The van der Waals surface area contributed by atoms with Gasteiger partial charge in [-0.25, -0.2) is 0 Å². The summed E-state index contributed by atoms with van der Waals surface area (Å²) in [4.78, 5) is 0. The van der Waals surface area contributed by atoms with Crippen LogP contribution in [-0.2, 0) is 30.1 Å². The monoisotopic (exact) mass is 776 g/mol. The topological polar surface area (TPSA) is 9.86 Å². The Bertz CT molecular complexity index is 3160. The lowest BCUT2D eigenvalue weighted by atomic mass is 9.83. The lowest BCUT2D eigenvalue weighted by Crippen LogP contribution is -2.10. The normalized spacial score (nSPS) is 14.0. The van der Waals surface area contributed by atoms with E-state index in [1.54, 1.807) is 0 Å². The van der Waals surface area contributed by atoms with Gasteiger partial charge in [0, 0.05) is 38.8 Å². The summed E-state index contributed by atoms with van der Waals surface area (Å²) in [6.45, 7) is 13.7. The summed E-state index contributed by atoms with van der Waals surface area (Å²) in [6, 6.07) is 57.6. The SMILES string of the molecule is CC(C)(C)c1ccc(C2=Cc3c(n(-c4ccccc4)c4cc5c(cc34)CCc3cc4c6cc(-c7ccc(C(C)(C)C)cc7)ccc6n(-c6ccccc6)c4cc3-5)CC2)cc1. The first kappa shape index (κ1) is 36.7. The van der Waals surface area contributed by atoms with Crippen LogP contribution >= 0.6 is 0 Å². The number of aromatic nitrogens is 2. The molecule has 0 amide bonds. The Morgan fingerprint density at radius 2 is 0.900 bits per heavy atom. The molecule has 0 atom stereocenters. The number of hydrogen-bond donors (Lipinski definition) is 0. The molecular formula is C58H52N2. The van der Waals surface area contributed by atoms with E-state index in [4.69, 9.17) is 0 Å². The zero-order valence-corrected chi connectivity index (χ0v) is 35.7. The fraction of sp³-hybridized carbons (Fsp3) is 0.207. The molecule has 2 aromatic heterocycles. The molecule has 0 N–H and O–H groups in total. The standard InChI is InChI=1S/C58H52N2/c1-57(2,3)43-25-19-37(20-26-43)39-23-29-53-49(31-39)51-33-41-17-18-42-34-52-50-32-40(38-21-27-44(28-22-38)58(4,5)6)24-30-54(50)60(46-15-11-8-12-16-46)56(52)36-48(42)47(41)35-55(51)59(53)45-13-9-7-10-14-45/h7-16,19-23,25-29,31-36H,17-18,24,30H2,1-6H3. The van der Waals surface area contributed by atoms with Crippen LogP contribution in [0.3, 0.4) is 0 Å². The van der Waals surface area contributed by atoms with E-state index in [0.29, 0.717) is 0 Å². The van der Waals surface area contributed by atoms with Gasteiger partial charge in [-0.1, -0.05) is 133 Å². The van der Waals surface area contributed by atoms with Crippen LogP contribution in [0.15, 0.2) is 152 Å². The quantitative estimate of drug-likeness (QED) is 0.168. The van der Waals surface area contributed by atoms with Gasteiger partial charge in [-0.2, -0.15) is 0 Å². The van der Waals surface area contributed by atoms with Gasteiger partial charge in [-0.3, -0.25) is 0 Å². The minimum Gasteiger partial charge on any atom is -0.313 e. The van der Waals surface area contributed by atoms with Crippen molar-refractivity contribution in [3.05, 3.63) is 191 Å². The van der Waals surface area contributed by atoms with Crippen LogP contribution in [0.1, 0.15) is 87.0 Å². The summed E-state index contributed by atoms with van der Waals surface area (Å²) in [5.74, 6) is 0. The highest BCUT2D eigenvalue weighted by atomic mass is 15.0. The number of aryl methyl sites for hydroxylation is 2. The van der Waals surface area contributed by atoms with Crippen LogP contribution in [0.25, 0.3) is 78.0 Å². The maximum Gasteiger partial charge on any atom is 0.0547 e. The van der Waals surface area contributed by atoms with Crippen molar-refractivity contribution in [1.29, 1.82) is 0 Å². The molecule has 2 heteroatoms. The van der Waals surface area contributed by atoms with E-state index in [0.717, 1.165) is 25.7 Å². The van der Waals surface area contributed by atoms with E-state index in [9.17, 15) is 0 Å². The summed E-state index contributed by atoms with van der Waals surface area (Å²) in [7, 11) is 0. The molecular weight excluding hydrogens is 725 g/mol. The van der Waals surface area contributed by atoms with Gasteiger partial charge in [0.05, 0.1) is 16.6 Å². The first-order valence-corrected chi connectivity index (χ1v) is 21.8. The minimum atomic E-state index is 0.124. The van der Waals surface area contributed by atoms with Crippen LogP contribution in [0.2, 0.25) is 0 Å². The van der Waals surface area contributed by atoms with Crippen molar-refractivity contribution in [3.8, 4) is 33.6 Å². The zero-order chi connectivity index (χ0) is 40.9. The van der Waals surface area contributed by atoms with E-state index in [1.165, 1.54) is 111 Å². The van der Waals surface area contributed by atoms with Gasteiger partial charge in [0.2, 0.25) is 0 Å². The van der Waals surface area contributed by atoms with Crippen LogP contribution in [-0.4, -0.2) is 9.13 Å². The summed E-state index contributed by atoms with van der Waals surface area (Å²) < 4.78 is 5.04. The van der Waals surface area contributed by atoms with Crippen molar-refractivity contribution in [1.82, 2.24) is 9.13 Å². The molecule has 0 spiro atoms. The van der Waals surface area contributed by atoms with Crippen molar-refractivity contribution < 1.29 is 0 Å². The van der Waals surface area contributed by atoms with Crippen LogP contribution in [0.4, 0.5) is 0 Å². The second-order valence-electron chi connectivity index (χ2n) is 19.3. The van der Waals surface area contributed by atoms with Crippen LogP contribution in [0, 0.1) is 0 Å². The number of para-hydroxylation sites is 2. The van der Waals surface area contributed by atoms with Crippen molar-refractivity contribution in [3.63, 3.8) is 0 Å². The van der Waals surface area contributed by atoms with Gasteiger partial charge in [-0.05, 0) is 159 Å². The third-order valence-electron chi connectivity index (χ3n) is 13.5. The highest BCUT2D eigenvalue weighted by molar-refractivity contribution is 6.12. The van der Waals surface area contributed by atoms with Gasteiger partial charge in [0.1, 0.15) is 0 Å². The number of allylic oxidation sites excluding steroid dienone is 1. The summed E-state index contributed by atoms with van der Waals surface area (Å²) in [5, 5.41) is 3.99. The Morgan fingerprint density at radius 3 is 1.48 bits per heavy atom. The molecule has 60 heavy (non-hydrogen) atoms. The maximum atomic E-state index is 2.56. The molecule has 2 nitrogen and oxygen atoms in total. The molecule has 0 saturated heterocycles. The molecule has 0 unspecified atom stereocenters. The third-order valence-corrected chi connectivity index (χ3v) is 13.5. The van der Waals surface area contributed by atoms with E-state index >= 15 is 0 Å². The predicted molar refractivity (Wildman–Crippen MR) is 256 cm³/mol. The number of fused-ring (bicyclic) bond motifs is 9. The van der Waals surface area contributed by atoms with Crippen LogP contribution in [0.5, 0.6) is 0 Å². The van der Waals surface area contributed by atoms with Crippen molar-refractivity contribution in [2.75, 3.05) is 0 Å². The molecule has 0 radical (unpaired) electrons. The van der Waals surface area contributed by atoms with Gasteiger partial charge in [0.25, 0.3) is 0 Å². The van der Waals surface area contributed by atoms with E-state index in [1.807, 2.05) is 0 Å². The van der Waals surface area contributed by atoms with Gasteiger partial charge < -0.3 is 9.13 Å². The van der Waals surface area contributed by atoms with E-state index in [2.05, 4.69) is 208 Å². The average molecular weight is 777 g/mol. The van der Waals surface area contributed by atoms with Crippen molar-refractivity contribution in [2.24, 2.45) is 0 Å². The molecule has 2 aliphatic carbocycles. The maximum absolute atomic E-state index is 2.56. The predicted octanol–water partition coefficient (Wildman–Crippen LogP) is 15.2. The van der Waals surface area contributed by atoms with Crippen LogP contribution < -0.4 is 0 Å². The Kier molecular flexibility index (Phi) is 8.30. The Morgan fingerprint density at radius 1 is 0.400 bits per heavy atom. The minimum absolute atomic E-state index is 0.124. The van der Waals surface area contributed by atoms with E-state index < -0.39 is 0 Å². The Labute approximate surface area is 354 Å². The first-order chi connectivity index (χ1) is 29.0. The second-order valence-corrected chi connectivity index (χ2v) is 19.3. The molecule has 7 aromatic carbocycles. The molecule has 2 heterocycles. The molecule has 0 saturated carbocycles. The number of hydrogen-bond acceptors (Lipinski definition) is 0. The lowest BCUT2D eigenvalue weighted by Gasteiger charge is -2.22. The van der Waals surface area contributed by atoms with E-state index in [-0.39, 0.29) is 10.8 Å². The van der Waals surface area contributed by atoms with Gasteiger partial charge >= 0.3 is 0 Å². The number of rotatable bonds is 4. The summed E-state index contributed by atoms with van der Waals surface area (Å²) in [6.07, 6.45) is 6.60. The first-order valence-electron chi connectivity index (χ1n) is 21.8. The molecule has 9 aromatic rings. The van der Waals surface area contributed by atoms with Crippen molar-refractivity contribution in [2.45, 2.75) is 78.1 Å². The molecule has 294 valence electrons. The molecule has 0 aliphatic heterocycles. The lowest BCUT2D eigenvalue weighted by molar-refractivity contribution is 0.590. The third kappa shape index (κ3) is 5.99. The summed E-state index contributed by atoms with van der Waals surface area (Å²) >= 11 is 0. The fourth-order valence-electron chi connectivity index (χ4n) is 10.1.